The Morgan fingerprint density at radius 2 is 2.05 bits per heavy atom. The van der Waals surface area contributed by atoms with Crippen molar-refractivity contribution in [2.24, 2.45) is 7.05 Å². The number of imidazole rings is 1. The molecule has 0 bridgehead atoms. The van der Waals surface area contributed by atoms with Crippen molar-refractivity contribution in [2.75, 3.05) is 11.9 Å². The molecule has 1 aromatic carbocycles. The third kappa shape index (κ3) is 2.37. The van der Waals surface area contributed by atoms with Crippen LogP contribution in [-0.4, -0.2) is 21.1 Å². The molecule has 0 saturated carbocycles. The summed E-state index contributed by atoms with van der Waals surface area (Å²) >= 11 is 0. The normalized spacial score (nSPS) is 10.9. The van der Waals surface area contributed by atoms with E-state index in [1.807, 2.05) is 12.3 Å². The maximum absolute atomic E-state index is 4.63. The van der Waals surface area contributed by atoms with E-state index in [0.717, 1.165) is 29.8 Å². The molecule has 2 heterocycles. The molecule has 0 atom stereocenters. The highest BCUT2D eigenvalue weighted by Crippen LogP contribution is 2.15. The molecule has 0 saturated heterocycles. The number of hydrogen-bond donors (Lipinski definition) is 1. The van der Waals surface area contributed by atoms with Crippen molar-refractivity contribution >= 4 is 16.7 Å². The molecule has 0 aliphatic carbocycles. The zero-order chi connectivity index (χ0) is 13.9. The van der Waals surface area contributed by atoms with Crippen LogP contribution in [0.3, 0.4) is 0 Å². The lowest BCUT2D eigenvalue weighted by molar-refractivity contribution is 0.807. The summed E-state index contributed by atoms with van der Waals surface area (Å²) in [5, 5.41) is 3.46. The average molecular weight is 266 g/mol. The van der Waals surface area contributed by atoms with E-state index in [4.69, 9.17) is 0 Å². The molecule has 0 fully saturated rings. The van der Waals surface area contributed by atoms with Gasteiger partial charge in [0.2, 0.25) is 0 Å². The highest BCUT2D eigenvalue weighted by Gasteiger charge is 2.07. The maximum Gasteiger partial charge on any atom is 0.111 e. The summed E-state index contributed by atoms with van der Waals surface area (Å²) in [6, 6.07) is 10.3. The molecule has 0 aliphatic rings. The molecule has 0 aliphatic heterocycles. The van der Waals surface area contributed by atoms with E-state index in [2.05, 4.69) is 58.1 Å². The Kier molecular flexibility index (Phi) is 3.37. The molecule has 0 unspecified atom stereocenters. The van der Waals surface area contributed by atoms with Crippen LogP contribution in [0.4, 0.5) is 5.69 Å². The van der Waals surface area contributed by atoms with Crippen molar-refractivity contribution in [1.29, 1.82) is 0 Å². The first-order valence-corrected chi connectivity index (χ1v) is 6.80. The molecular weight excluding hydrogens is 248 g/mol. The fourth-order valence-electron chi connectivity index (χ4n) is 2.41. The Labute approximate surface area is 118 Å². The standard InChI is InChI=1S/C16H18N4/c1-12-5-3-4-6-13(12)18-10-8-16-19-14-11-17-9-7-15(14)20(16)2/h3-7,9,11,18H,8,10H2,1-2H3. The number of aromatic nitrogens is 3. The number of benzene rings is 1. The van der Waals surface area contributed by atoms with E-state index in [1.165, 1.54) is 11.3 Å². The van der Waals surface area contributed by atoms with E-state index in [9.17, 15) is 0 Å². The molecule has 3 rings (SSSR count). The van der Waals surface area contributed by atoms with Crippen molar-refractivity contribution in [3.63, 3.8) is 0 Å². The fourth-order valence-corrected chi connectivity index (χ4v) is 2.41. The predicted molar refractivity (Wildman–Crippen MR) is 81.9 cm³/mol. The third-order valence-corrected chi connectivity index (χ3v) is 3.58. The SMILES string of the molecule is Cc1ccccc1NCCc1nc2cnccc2n1C. The van der Waals surface area contributed by atoms with Gasteiger partial charge in [-0.3, -0.25) is 4.98 Å². The van der Waals surface area contributed by atoms with Gasteiger partial charge in [0, 0.05) is 31.9 Å². The number of pyridine rings is 1. The van der Waals surface area contributed by atoms with E-state index in [-0.39, 0.29) is 0 Å². The van der Waals surface area contributed by atoms with Gasteiger partial charge in [0.05, 0.1) is 11.7 Å². The summed E-state index contributed by atoms with van der Waals surface area (Å²) in [6.45, 7) is 2.98. The van der Waals surface area contributed by atoms with Crippen LogP contribution in [0.1, 0.15) is 11.4 Å². The number of rotatable bonds is 4. The van der Waals surface area contributed by atoms with Crippen molar-refractivity contribution in [3.8, 4) is 0 Å². The number of nitrogens with zero attached hydrogens (tertiary/aromatic N) is 3. The van der Waals surface area contributed by atoms with Crippen LogP contribution in [0.15, 0.2) is 42.7 Å². The van der Waals surface area contributed by atoms with Crippen LogP contribution >= 0.6 is 0 Å². The monoisotopic (exact) mass is 266 g/mol. The minimum Gasteiger partial charge on any atom is -0.384 e. The largest absolute Gasteiger partial charge is 0.384 e. The van der Waals surface area contributed by atoms with Crippen LogP contribution < -0.4 is 5.32 Å². The number of aryl methyl sites for hydroxylation is 2. The number of fused-ring (bicyclic) bond motifs is 1. The second kappa shape index (κ2) is 5.33. The molecule has 0 radical (unpaired) electrons. The molecule has 0 spiro atoms. The van der Waals surface area contributed by atoms with E-state index < -0.39 is 0 Å². The zero-order valence-electron chi connectivity index (χ0n) is 11.8. The van der Waals surface area contributed by atoms with Crippen LogP contribution in [0.25, 0.3) is 11.0 Å². The summed E-state index contributed by atoms with van der Waals surface area (Å²) in [7, 11) is 2.05. The van der Waals surface area contributed by atoms with Gasteiger partial charge in [-0.15, -0.1) is 0 Å². The summed E-state index contributed by atoms with van der Waals surface area (Å²) in [5.74, 6) is 1.08. The van der Waals surface area contributed by atoms with Crippen LogP contribution in [0.5, 0.6) is 0 Å². The van der Waals surface area contributed by atoms with E-state index >= 15 is 0 Å². The van der Waals surface area contributed by atoms with Gasteiger partial charge in [0.1, 0.15) is 11.3 Å². The Hall–Kier alpha value is -2.36. The molecule has 20 heavy (non-hydrogen) atoms. The minimum atomic E-state index is 0.870. The van der Waals surface area contributed by atoms with Gasteiger partial charge in [-0.1, -0.05) is 18.2 Å². The summed E-state index contributed by atoms with van der Waals surface area (Å²) in [5.41, 5.74) is 4.54. The number of anilines is 1. The highest BCUT2D eigenvalue weighted by molar-refractivity contribution is 5.74. The molecule has 2 aromatic heterocycles. The van der Waals surface area contributed by atoms with Crippen molar-refractivity contribution in [3.05, 3.63) is 54.1 Å². The Balaban J connectivity index is 1.71. The minimum absolute atomic E-state index is 0.870. The van der Waals surface area contributed by atoms with Crippen LogP contribution in [0, 0.1) is 6.92 Å². The predicted octanol–water partition coefficient (Wildman–Crippen LogP) is 2.93. The first-order valence-electron chi connectivity index (χ1n) is 6.80. The number of para-hydroxylation sites is 1. The second-order valence-electron chi connectivity index (χ2n) is 4.94. The van der Waals surface area contributed by atoms with Crippen molar-refractivity contribution < 1.29 is 0 Å². The first kappa shape index (κ1) is 12.7. The molecular formula is C16H18N4. The Morgan fingerprint density at radius 1 is 1.20 bits per heavy atom. The summed E-state index contributed by atoms with van der Waals surface area (Å²) < 4.78 is 2.14. The topological polar surface area (TPSA) is 42.7 Å². The number of hydrogen-bond acceptors (Lipinski definition) is 3. The maximum atomic E-state index is 4.63. The number of nitrogens with one attached hydrogen (secondary N) is 1. The quantitative estimate of drug-likeness (QED) is 0.789. The van der Waals surface area contributed by atoms with E-state index in [1.54, 1.807) is 6.20 Å². The van der Waals surface area contributed by atoms with Gasteiger partial charge in [0.25, 0.3) is 0 Å². The lowest BCUT2D eigenvalue weighted by Crippen LogP contribution is -2.09. The van der Waals surface area contributed by atoms with Crippen molar-refractivity contribution in [1.82, 2.24) is 14.5 Å². The fraction of sp³-hybridized carbons (Fsp3) is 0.250. The first-order chi connectivity index (χ1) is 9.75. The summed E-state index contributed by atoms with van der Waals surface area (Å²) in [6.07, 6.45) is 4.51. The molecule has 3 aromatic rings. The van der Waals surface area contributed by atoms with Gasteiger partial charge in [-0.05, 0) is 24.6 Å². The molecule has 0 amide bonds. The van der Waals surface area contributed by atoms with Crippen molar-refractivity contribution in [2.45, 2.75) is 13.3 Å². The Bertz CT molecular complexity index is 730. The van der Waals surface area contributed by atoms with Gasteiger partial charge in [-0.25, -0.2) is 4.98 Å². The second-order valence-corrected chi connectivity index (χ2v) is 4.94. The average Bonchev–Trinajstić information content (AvgIpc) is 2.78. The Morgan fingerprint density at radius 3 is 2.85 bits per heavy atom. The lowest BCUT2D eigenvalue weighted by Gasteiger charge is -2.09. The van der Waals surface area contributed by atoms with Crippen LogP contribution in [-0.2, 0) is 13.5 Å². The van der Waals surface area contributed by atoms with Gasteiger partial charge < -0.3 is 9.88 Å². The molecule has 4 nitrogen and oxygen atoms in total. The summed E-state index contributed by atoms with van der Waals surface area (Å²) in [4.78, 5) is 8.74. The smallest absolute Gasteiger partial charge is 0.111 e. The molecule has 4 heteroatoms. The zero-order valence-corrected chi connectivity index (χ0v) is 11.8. The van der Waals surface area contributed by atoms with Gasteiger partial charge in [0.15, 0.2) is 0 Å². The third-order valence-electron chi connectivity index (χ3n) is 3.58. The van der Waals surface area contributed by atoms with E-state index in [0.29, 0.717) is 0 Å². The molecule has 1 N–H and O–H groups in total. The highest BCUT2D eigenvalue weighted by atomic mass is 15.1. The lowest BCUT2D eigenvalue weighted by atomic mass is 10.2. The van der Waals surface area contributed by atoms with Crippen LogP contribution in [0.2, 0.25) is 0 Å². The van der Waals surface area contributed by atoms with Gasteiger partial charge in [-0.2, -0.15) is 0 Å². The molecule has 102 valence electrons. The van der Waals surface area contributed by atoms with Gasteiger partial charge >= 0.3 is 0 Å².